The second-order valence-electron chi connectivity index (χ2n) is 7.84. The monoisotopic (exact) mass is 390 g/mol. The van der Waals surface area contributed by atoms with Gasteiger partial charge in [0.1, 0.15) is 0 Å². The fraction of sp³-hybridized carbons (Fsp3) is 0.474. The Kier molecular flexibility index (Phi) is 4.90. The van der Waals surface area contributed by atoms with Crippen LogP contribution in [0.3, 0.4) is 0 Å². The molecule has 0 saturated carbocycles. The molecule has 0 aliphatic carbocycles. The molecule has 7 nitrogen and oxygen atoms in total. The van der Waals surface area contributed by atoms with E-state index in [4.69, 9.17) is 0 Å². The van der Waals surface area contributed by atoms with Crippen LogP contribution in [0.1, 0.15) is 37.6 Å². The molecule has 3 rings (SSSR count). The van der Waals surface area contributed by atoms with Gasteiger partial charge in [0.25, 0.3) is 5.56 Å². The summed E-state index contributed by atoms with van der Waals surface area (Å²) in [5, 5.41) is 2.89. The second-order valence-corrected chi connectivity index (χ2v) is 9.78. The minimum absolute atomic E-state index is 0.0440. The van der Waals surface area contributed by atoms with E-state index in [1.165, 1.54) is 8.87 Å². The Hall–Kier alpha value is -2.19. The third-order valence-electron chi connectivity index (χ3n) is 4.98. The minimum atomic E-state index is -3.67. The summed E-state index contributed by atoms with van der Waals surface area (Å²) in [7, 11) is -0.342. The Labute approximate surface area is 160 Å². The number of rotatable bonds is 3. The van der Waals surface area contributed by atoms with Gasteiger partial charge in [-0.1, -0.05) is 32.9 Å². The first-order valence-electron chi connectivity index (χ1n) is 8.93. The summed E-state index contributed by atoms with van der Waals surface area (Å²) in [4.78, 5) is 17.3. The molecule has 1 N–H and O–H groups in total. The highest BCUT2D eigenvalue weighted by Crippen LogP contribution is 2.26. The van der Waals surface area contributed by atoms with Crippen molar-refractivity contribution in [1.82, 2.24) is 13.9 Å². The molecule has 0 fully saturated rings. The molecule has 1 aliphatic rings. The zero-order chi connectivity index (χ0) is 20.0. The predicted octanol–water partition coefficient (Wildman–Crippen LogP) is 1.87. The van der Waals surface area contributed by atoms with E-state index < -0.39 is 10.0 Å². The van der Waals surface area contributed by atoms with Gasteiger partial charge in [-0.25, -0.2) is 13.4 Å². The fourth-order valence-corrected chi connectivity index (χ4v) is 4.66. The molecule has 0 radical (unpaired) electrons. The number of anilines is 1. The highest BCUT2D eigenvalue weighted by Gasteiger charge is 2.31. The standard InChI is InChI=1S/C19H26N4O3S/c1-19(2,3)13-6-8-14(9-7-13)27(25,26)23-11-10-16-15(12-23)17(24)22(5)18(20-4)21-16/h6-9H,10-12H2,1-5H3,(H,20,21). The first-order chi connectivity index (χ1) is 12.6. The number of benzene rings is 1. The molecule has 0 spiro atoms. The lowest BCUT2D eigenvalue weighted by molar-refractivity contribution is 0.383. The maximum Gasteiger partial charge on any atom is 0.259 e. The van der Waals surface area contributed by atoms with Gasteiger partial charge in [-0.3, -0.25) is 9.36 Å². The zero-order valence-electron chi connectivity index (χ0n) is 16.4. The van der Waals surface area contributed by atoms with E-state index in [0.29, 0.717) is 30.2 Å². The summed E-state index contributed by atoms with van der Waals surface area (Å²) in [6.07, 6.45) is 0.416. The van der Waals surface area contributed by atoms with Gasteiger partial charge in [0.05, 0.1) is 16.2 Å². The molecule has 1 aromatic carbocycles. The van der Waals surface area contributed by atoms with Gasteiger partial charge in [-0.15, -0.1) is 0 Å². The molecule has 0 amide bonds. The first-order valence-corrected chi connectivity index (χ1v) is 10.4. The van der Waals surface area contributed by atoms with E-state index in [2.05, 4.69) is 31.1 Å². The van der Waals surface area contributed by atoms with Crippen LogP contribution >= 0.6 is 0 Å². The number of fused-ring (bicyclic) bond motifs is 1. The van der Waals surface area contributed by atoms with Crippen LogP contribution in [0.15, 0.2) is 34.0 Å². The first kappa shape index (κ1) is 19.6. The molecule has 27 heavy (non-hydrogen) atoms. The molecule has 0 unspecified atom stereocenters. The number of sulfonamides is 1. The van der Waals surface area contributed by atoms with Crippen molar-refractivity contribution in [3.63, 3.8) is 0 Å². The number of aromatic nitrogens is 2. The van der Waals surface area contributed by atoms with Crippen LogP contribution in [0.2, 0.25) is 0 Å². The van der Waals surface area contributed by atoms with E-state index in [1.54, 1.807) is 26.2 Å². The predicted molar refractivity (Wildman–Crippen MR) is 105 cm³/mol. The molecule has 2 aromatic rings. The van der Waals surface area contributed by atoms with Gasteiger partial charge in [0.15, 0.2) is 0 Å². The summed E-state index contributed by atoms with van der Waals surface area (Å²) < 4.78 is 28.9. The van der Waals surface area contributed by atoms with Crippen molar-refractivity contribution < 1.29 is 8.42 Å². The lowest BCUT2D eigenvalue weighted by atomic mass is 9.87. The SMILES string of the molecule is CNc1nc2c(c(=O)n1C)CN(S(=O)(=O)c1ccc(C(C)(C)C)cc1)CC2. The molecule has 0 bridgehead atoms. The number of hydrogen-bond donors (Lipinski definition) is 1. The molecular formula is C19H26N4O3S. The smallest absolute Gasteiger partial charge is 0.259 e. The molecule has 0 atom stereocenters. The molecular weight excluding hydrogens is 364 g/mol. The van der Waals surface area contributed by atoms with Crippen LogP contribution < -0.4 is 10.9 Å². The third-order valence-corrected chi connectivity index (χ3v) is 6.84. The largest absolute Gasteiger partial charge is 0.359 e. The quantitative estimate of drug-likeness (QED) is 0.865. The summed E-state index contributed by atoms with van der Waals surface area (Å²) in [6, 6.07) is 6.99. The summed E-state index contributed by atoms with van der Waals surface area (Å²) in [5.74, 6) is 0.479. The molecule has 146 valence electrons. The van der Waals surface area contributed by atoms with E-state index in [1.807, 2.05) is 12.1 Å². The van der Waals surface area contributed by atoms with E-state index in [-0.39, 0.29) is 22.4 Å². The average molecular weight is 391 g/mol. The fourth-order valence-electron chi connectivity index (χ4n) is 3.25. The lowest BCUT2D eigenvalue weighted by Gasteiger charge is -2.28. The summed E-state index contributed by atoms with van der Waals surface area (Å²) in [6.45, 7) is 6.60. The zero-order valence-corrected chi connectivity index (χ0v) is 17.2. The van der Waals surface area contributed by atoms with Crippen molar-refractivity contribution in [3.8, 4) is 0 Å². The van der Waals surface area contributed by atoms with Crippen LogP contribution in [0.4, 0.5) is 5.95 Å². The van der Waals surface area contributed by atoms with Crippen molar-refractivity contribution in [2.75, 3.05) is 18.9 Å². The highest BCUT2D eigenvalue weighted by molar-refractivity contribution is 7.89. The van der Waals surface area contributed by atoms with Crippen molar-refractivity contribution >= 4 is 16.0 Å². The summed E-state index contributed by atoms with van der Waals surface area (Å²) >= 11 is 0. The minimum Gasteiger partial charge on any atom is -0.359 e. The van der Waals surface area contributed by atoms with Crippen LogP contribution in [-0.4, -0.2) is 35.9 Å². The van der Waals surface area contributed by atoms with Gasteiger partial charge in [-0.05, 0) is 23.1 Å². The Bertz CT molecular complexity index is 1020. The van der Waals surface area contributed by atoms with Crippen LogP contribution in [-0.2, 0) is 35.5 Å². The van der Waals surface area contributed by atoms with Gasteiger partial charge in [-0.2, -0.15) is 4.31 Å². The van der Waals surface area contributed by atoms with Crippen molar-refractivity contribution in [2.24, 2.45) is 7.05 Å². The molecule has 1 aromatic heterocycles. The maximum absolute atomic E-state index is 13.1. The van der Waals surface area contributed by atoms with E-state index >= 15 is 0 Å². The van der Waals surface area contributed by atoms with E-state index in [0.717, 1.165) is 5.56 Å². The maximum atomic E-state index is 13.1. The summed E-state index contributed by atoms with van der Waals surface area (Å²) in [5.41, 5.74) is 1.92. The van der Waals surface area contributed by atoms with Crippen molar-refractivity contribution in [2.45, 2.75) is 44.0 Å². The Morgan fingerprint density at radius 3 is 2.33 bits per heavy atom. The Balaban J connectivity index is 1.94. The van der Waals surface area contributed by atoms with Gasteiger partial charge in [0, 0.05) is 33.6 Å². The highest BCUT2D eigenvalue weighted by atomic mass is 32.2. The second kappa shape index (κ2) is 6.76. The van der Waals surface area contributed by atoms with E-state index in [9.17, 15) is 13.2 Å². The normalized spacial score (nSPS) is 15.4. The third kappa shape index (κ3) is 3.51. The Morgan fingerprint density at radius 2 is 1.78 bits per heavy atom. The molecule has 0 saturated heterocycles. The number of hydrogen-bond acceptors (Lipinski definition) is 5. The average Bonchev–Trinajstić information content (AvgIpc) is 2.63. The Morgan fingerprint density at radius 1 is 1.15 bits per heavy atom. The number of nitrogens with zero attached hydrogens (tertiary/aromatic N) is 3. The molecule has 2 heterocycles. The molecule has 8 heteroatoms. The number of nitrogens with one attached hydrogen (secondary N) is 1. The van der Waals surface area contributed by atoms with Crippen LogP contribution in [0.25, 0.3) is 0 Å². The van der Waals surface area contributed by atoms with Crippen LogP contribution in [0.5, 0.6) is 0 Å². The van der Waals surface area contributed by atoms with Crippen LogP contribution in [0, 0.1) is 0 Å². The van der Waals surface area contributed by atoms with Crippen molar-refractivity contribution in [1.29, 1.82) is 0 Å². The van der Waals surface area contributed by atoms with Gasteiger partial charge in [0.2, 0.25) is 16.0 Å². The van der Waals surface area contributed by atoms with Gasteiger partial charge >= 0.3 is 0 Å². The van der Waals surface area contributed by atoms with Crippen molar-refractivity contribution in [3.05, 3.63) is 51.4 Å². The topological polar surface area (TPSA) is 84.3 Å². The molecule has 1 aliphatic heterocycles. The lowest BCUT2D eigenvalue weighted by Crippen LogP contribution is -2.41. The van der Waals surface area contributed by atoms with Gasteiger partial charge < -0.3 is 5.32 Å².